The Kier molecular flexibility index (Phi) is 7.51. The molecule has 0 radical (unpaired) electrons. The van der Waals surface area contributed by atoms with Gasteiger partial charge in [0.25, 0.3) is 5.91 Å². The number of hydrogen-bond donors (Lipinski definition) is 1. The third-order valence-electron chi connectivity index (χ3n) is 7.18. The Bertz CT molecular complexity index is 1140. The summed E-state index contributed by atoms with van der Waals surface area (Å²) in [6, 6.07) is 6.89. The number of aromatic nitrogens is 2. The number of nitrogens with zero attached hydrogens (tertiary/aromatic N) is 3. The van der Waals surface area contributed by atoms with Gasteiger partial charge < -0.3 is 24.4 Å². The van der Waals surface area contributed by atoms with Gasteiger partial charge in [0, 0.05) is 17.7 Å². The van der Waals surface area contributed by atoms with E-state index in [4.69, 9.17) is 14.2 Å². The van der Waals surface area contributed by atoms with Crippen LogP contribution < -0.4 is 14.8 Å². The van der Waals surface area contributed by atoms with Crippen molar-refractivity contribution in [3.8, 4) is 11.5 Å². The third-order valence-corrected chi connectivity index (χ3v) is 7.18. The lowest BCUT2D eigenvalue weighted by Crippen LogP contribution is -2.64. The predicted molar refractivity (Wildman–Crippen MR) is 131 cm³/mol. The van der Waals surface area contributed by atoms with E-state index >= 15 is 0 Å². The van der Waals surface area contributed by atoms with Crippen LogP contribution in [-0.4, -0.2) is 65.4 Å². The van der Waals surface area contributed by atoms with E-state index in [9.17, 15) is 14.4 Å². The summed E-state index contributed by atoms with van der Waals surface area (Å²) in [5.74, 6) is -0.274. The van der Waals surface area contributed by atoms with Crippen molar-refractivity contribution in [3.05, 3.63) is 41.2 Å². The van der Waals surface area contributed by atoms with E-state index in [0.717, 1.165) is 38.5 Å². The van der Waals surface area contributed by atoms with E-state index in [1.54, 1.807) is 20.1 Å². The molecule has 1 aliphatic carbocycles. The van der Waals surface area contributed by atoms with Gasteiger partial charge in [0.1, 0.15) is 11.2 Å². The minimum absolute atomic E-state index is 0.0215. The summed E-state index contributed by atoms with van der Waals surface area (Å²) in [6.07, 6.45) is 6.29. The maximum absolute atomic E-state index is 13.8. The average molecular weight is 499 g/mol. The number of esters is 1. The van der Waals surface area contributed by atoms with E-state index in [-0.39, 0.29) is 36.4 Å². The largest absolute Gasteiger partial charge is 0.493 e. The van der Waals surface area contributed by atoms with Crippen LogP contribution in [0.4, 0.5) is 0 Å². The van der Waals surface area contributed by atoms with Gasteiger partial charge in [0.05, 0.1) is 34.4 Å². The number of nitrogens with one attached hydrogen (secondary N) is 1. The van der Waals surface area contributed by atoms with Crippen molar-refractivity contribution < 1.29 is 28.6 Å². The number of rotatable bonds is 7. The van der Waals surface area contributed by atoms with E-state index in [2.05, 4.69) is 10.4 Å². The summed E-state index contributed by atoms with van der Waals surface area (Å²) >= 11 is 0. The van der Waals surface area contributed by atoms with Crippen LogP contribution in [0.2, 0.25) is 0 Å². The Morgan fingerprint density at radius 2 is 1.83 bits per heavy atom. The van der Waals surface area contributed by atoms with Crippen molar-refractivity contribution >= 4 is 17.8 Å². The first-order chi connectivity index (χ1) is 17.3. The van der Waals surface area contributed by atoms with Gasteiger partial charge in [-0.05, 0) is 25.8 Å². The molecule has 0 spiro atoms. The summed E-state index contributed by atoms with van der Waals surface area (Å²) in [5, 5.41) is 7.49. The number of methoxy groups -OCH3 is 3. The molecule has 0 saturated heterocycles. The Morgan fingerprint density at radius 3 is 2.47 bits per heavy atom. The van der Waals surface area contributed by atoms with Crippen molar-refractivity contribution in [2.45, 2.75) is 70.1 Å². The van der Waals surface area contributed by atoms with Gasteiger partial charge in [-0.3, -0.25) is 14.3 Å². The quantitative estimate of drug-likeness (QED) is 0.461. The van der Waals surface area contributed by atoms with E-state index < -0.39 is 17.4 Å². The lowest BCUT2D eigenvalue weighted by molar-refractivity contribution is -0.134. The molecule has 1 aromatic carbocycles. The highest BCUT2D eigenvalue weighted by molar-refractivity contribution is 6.01. The molecule has 1 N–H and O–H groups in total. The van der Waals surface area contributed by atoms with E-state index in [1.165, 1.54) is 29.9 Å². The summed E-state index contributed by atoms with van der Waals surface area (Å²) in [6.45, 7) is 1.94. The molecular weight excluding hydrogens is 464 g/mol. The number of hydrogen-bond acceptors (Lipinski definition) is 7. The van der Waals surface area contributed by atoms with Crippen LogP contribution in [0.25, 0.3) is 0 Å². The summed E-state index contributed by atoms with van der Waals surface area (Å²) in [5.41, 5.74) is -0.325. The Labute approximate surface area is 210 Å². The fourth-order valence-electron chi connectivity index (χ4n) is 5.11. The Balaban J connectivity index is 1.73. The van der Waals surface area contributed by atoms with Crippen LogP contribution in [-0.2, 0) is 22.6 Å². The van der Waals surface area contributed by atoms with Gasteiger partial charge in [-0.1, -0.05) is 37.8 Å². The molecule has 0 bridgehead atoms. The Hall–Kier alpha value is -3.56. The molecule has 2 aromatic rings. The first-order valence-electron chi connectivity index (χ1n) is 12.3. The first kappa shape index (κ1) is 25.5. The molecule has 0 unspecified atom stereocenters. The number of carbonyl (C=O) groups excluding carboxylic acids is 3. The SMILES string of the molecule is COC(=O)c1cc2n(n1)C[C@](C)(C(=O)NC1CCCCCC1)N(Cc1cccc(OC)c1OC)C2=O. The zero-order valence-corrected chi connectivity index (χ0v) is 21.3. The Morgan fingerprint density at radius 1 is 1.11 bits per heavy atom. The second-order valence-electron chi connectivity index (χ2n) is 9.54. The molecule has 1 atom stereocenters. The van der Waals surface area contributed by atoms with Crippen molar-refractivity contribution in [3.63, 3.8) is 0 Å². The fraction of sp³-hybridized carbons (Fsp3) is 0.538. The lowest BCUT2D eigenvalue weighted by atomic mass is 9.93. The summed E-state index contributed by atoms with van der Waals surface area (Å²) in [4.78, 5) is 41.3. The number of carbonyl (C=O) groups is 3. The van der Waals surface area contributed by atoms with Gasteiger partial charge in [-0.2, -0.15) is 5.10 Å². The standard InChI is InChI=1S/C26H34N4O6/c1-26(25(33)27-18-11-7-5-6-8-12-18)16-30-20(14-19(28-30)24(32)36-4)23(31)29(26)15-17-10-9-13-21(34-2)22(17)35-3/h9-10,13-14,18H,5-8,11-12,15-16H2,1-4H3,(H,27,33)/t26-/m1/s1. The number of amides is 2. The molecule has 1 aromatic heterocycles. The topological polar surface area (TPSA) is 112 Å². The molecule has 4 rings (SSSR count). The highest BCUT2D eigenvalue weighted by Crippen LogP contribution is 2.36. The smallest absolute Gasteiger partial charge is 0.358 e. The molecule has 1 fully saturated rings. The molecule has 194 valence electrons. The van der Waals surface area contributed by atoms with Gasteiger partial charge in [0.2, 0.25) is 5.91 Å². The highest BCUT2D eigenvalue weighted by Gasteiger charge is 2.49. The van der Waals surface area contributed by atoms with Gasteiger partial charge >= 0.3 is 5.97 Å². The number of fused-ring (bicyclic) bond motifs is 1. The van der Waals surface area contributed by atoms with Crippen LogP contribution >= 0.6 is 0 Å². The van der Waals surface area contributed by atoms with E-state index in [1.807, 2.05) is 12.1 Å². The molecule has 2 aliphatic rings. The normalized spacial score (nSPS) is 20.3. The fourth-order valence-corrected chi connectivity index (χ4v) is 5.11. The van der Waals surface area contributed by atoms with Crippen LogP contribution in [0.1, 0.15) is 72.0 Å². The number of ether oxygens (including phenoxy) is 3. The van der Waals surface area contributed by atoms with Crippen molar-refractivity contribution in [2.24, 2.45) is 0 Å². The maximum Gasteiger partial charge on any atom is 0.358 e. The molecule has 10 heteroatoms. The number of benzene rings is 1. The third kappa shape index (κ3) is 4.76. The zero-order valence-electron chi connectivity index (χ0n) is 21.3. The van der Waals surface area contributed by atoms with Crippen molar-refractivity contribution in [1.29, 1.82) is 0 Å². The number of para-hydroxylation sites is 1. The summed E-state index contributed by atoms with van der Waals surface area (Å²) < 4.78 is 17.2. The van der Waals surface area contributed by atoms with Crippen LogP contribution in [0, 0.1) is 0 Å². The molecule has 1 aliphatic heterocycles. The second-order valence-corrected chi connectivity index (χ2v) is 9.54. The van der Waals surface area contributed by atoms with Gasteiger partial charge in [0.15, 0.2) is 17.2 Å². The van der Waals surface area contributed by atoms with Crippen LogP contribution in [0.3, 0.4) is 0 Å². The van der Waals surface area contributed by atoms with Crippen molar-refractivity contribution in [1.82, 2.24) is 20.0 Å². The van der Waals surface area contributed by atoms with Gasteiger partial charge in [-0.25, -0.2) is 4.79 Å². The predicted octanol–water partition coefficient (Wildman–Crippen LogP) is 2.94. The minimum atomic E-state index is -1.26. The average Bonchev–Trinajstić information content (AvgIpc) is 3.13. The molecule has 1 saturated carbocycles. The van der Waals surface area contributed by atoms with Crippen molar-refractivity contribution in [2.75, 3.05) is 21.3 Å². The molecular formula is C26H34N4O6. The minimum Gasteiger partial charge on any atom is -0.493 e. The lowest BCUT2D eigenvalue weighted by Gasteiger charge is -2.44. The second kappa shape index (κ2) is 10.6. The van der Waals surface area contributed by atoms with E-state index in [0.29, 0.717) is 17.1 Å². The monoisotopic (exact) mass is 498 g/mol. The first-order valence-corrected chi connectivity index (χ1v) is 12.3. The molecule has 2 heterocycles. The summed E-state index contributed by atoms with van der Waals surface area (Å²) in [7, 11) is 4.34. The van der Waals surface area contributed by atoms with Crippen LogP contribution in [0.15, 0.2) is 24.3 Å². The molecule has 2 amide bonds. The zero-order chi connectivity index (χ0) is 25.9. The molecule has 10 nitrogen and oxygen atoms in total. The van der Waals surface area contributed by atoms with Crippen LogP contribution in [0.5, 0.6) is 11.5 Å². The van der Waals surface area contributed by atoms with Gasteiger partial charge in [-0.15, -0.1) is 0 Å². The maximum atomic E-state index is 13.8. The highest BCUT2D eigenvalue weighted by atomic mass is 16.5. The molecule has 36 heavy (non-hydrogen) atoms.